The first-order valence-corrected chi connectivity index (χ1v) is 7.35. The average Bonchev–Trinajstić information content (AvgIpc) is 3.14. The van der Waals surface area contributed by atoms with Gasteiger partial charge in [0.2, 0.25) is 0 Å². The molecule has 0 aliphatic carbocycles. The summed E-state index contributed by atoms with van der Waals surface area (Å²) in [6, 6.07) is 3.86. The lowest BCUT2D eigenvalue weighted by Crippen LogP contribution is -2.03. The van der Waals surface area contributed by atoms with Crippen LogP contribution in [0.5, 0.6) is 0 Å². The molecule has 0 aliphatic heterocycles. The average molecular weight is 301 g/mol. The number of aromatic amines is 1. The first-order valence-electron chi connectivity index (χ1n) is 6.58. The summed E-state index contributed by atoms with van der Waals surface area (Å²) < 4.78 is 4.23. The maximum atomic E-state index is 5.97. The van der Waals surface area contributed by atoms with Crippen LogP contribution in [0.15, 0.2) is 30.9 Å². The molecule has 0 bridgehead atoms. The van der Waals surface area contributed by atoms with Crippen LogP contribution >= 0.6 is 11.5 Å². The lowest BCUT2D eigenvalue weighted by atomic mass is 10.1. The topological polar surface area (TPSA) is 105 Å². The number of pyridine rings is 1. The van der Waals surface area contributed by atoms with Gasteiger partial charge < -0.3 is 11.1 Å². The minimum Gasteiger partial charge on any atom is -0.382 e. The summed E-state index contributed by atoms with van der Waals surface area (Å²) >= 11 is 1.38. The highest BCUT2D eigenvalue weighted by Gasteiger charge is 2.13. The van der Waals surface area contributed by atoms with E-state index in [0.29, 0.717) is 5.82 Å². The van der Waals surface area contributed by atoms with Crippen molar-refractivity contribution in [3.8, 4) is 11.1 Å². The number of nitrogens with zero attached hydrogens (tertiary/aromatic N) is 4. The molecule has 3 aromatic rings. The van der Waals surface area contributed by atoms with Gasteiger partial charge in [0.25, 0.3) is 0 Å². The molecule has 3 heterocycles. The first-order chi connectivity index (χ1) is 10.3. The zero-order valence-corrected chi connectivity index (χ0v) is 12.1. The normalized spacial score (nSPS) is 10.7. The van der Waals surface area contributed by atoms with Crippen LogP contribution in [-0.4, -0.2) is 31.1 Å². The Hall–Kier alpha value is -2.48. The summed E-state index contributed by atoms with van der Waals surface area (Å²) in [4.78, 5) is 8.12. The molecule has 0 unspecified atom stereocenters. The molecule has 0 spiro atoms. The quantitative estimate of drug-likeness (QED) is 0.601. The van der Waals surface area contributed by atoms with Gasteiger partial charge in [-0.1, -0.05) is 0 Å². The molecular weight excluding hydrogens is 286 g/mol. The molecule has 0 saturated heterocycles. The van der Waals surface area contributed by atoms with Gasteiger partial charge in [0.15, 0.2) is 0 Å². The van der Waals surface area contributed by atoms with E-state index in [1.165, 1.54) is 17.9 Å². The van der Waals surface area contributed by atoms with Gasteiger partial charge in [0.1, 0.15) is 23.0 Å². The number of hydrogen-bond acceptors (Lipinski definition) is 7. The van der Waals surface area contributed by atoms with Crippen molar-refractivity contribution in [1.29, 1.82) is 0 Å². The Bertz CT molecular complexity index is 678. The maximum absolute atomic E-state index is 5.97. The summed E-state index contributed by atoms with van der Waals surface area (Å²) in [6.45, 7) is 0.820. The van der Waals surface area contributed by atoms with Crippen LogP contribution in [0.2, 0.25) is 0 Å². The van der Waals surface area contributed by atoms with Gasteiger partial charge in [0, 0.05) is 25.4 Å². The predicted molar refractivity (Wildman–Crippen MR) is 83.0 cm³/mol. The Balaban J connectivity index is 1.64. The maximum Gasteiger partial charge on any atom is 0.147 e. The van der Waals surface area contributed by atoms with Gasteiger partial charge in [-0.25, -0.2) is 4.98 Å². The minimum absolute atomic E-state index is 0.545. The third kappa shape index (κ3) is 3.16. The molecular formula is C13H15N7S. The number of rotatable bonds is 6. The molecule has 0 aliphatic rings. The van der Waals surface area contributed by atoms with Gasteiger partial charge in [-0.2, -0.15) is 9.47 Å². The summed E-state index contributed by atoms with van der Waals surface area (Å²) in [5.74, 6) is 1.44. The van der Waals surface area contributed by atoms with E-state index in [1.807, 2.05) is 12.1 Å². The van der Waals surface area contributed by atoms with Crippen LogP contribution in [0.3, 0.4) is 0 Å². The Labute approximate surface area is 125 Å². The number of nitrogen functional groups attached to an aromatic ring is 1. The summed E-state index contributed by atoms with van der Waals surface area (Å²) in [5, 5.41) is 11.1. The Morgan fingerprint density at radius 3 is 2.90 bits per heavy atom. The molecule has 4 N–H and O–H groups in total. The van der Waals surface area contributed by atoms with Gasteiger partial charge in [-0.05, 0) is 35.6 Å². The molecule has 0 aromatic carbocycles. The van der Waals surface area contributed by atoms with Gasteiger partial charge in [-0.3, -0.25) is 10.1 Å². The van der Waals surface area contributed by atoms with Crippen molar-refractivity contribution in [1.82, 2.24) is 24.5 Å². The Kier molecular flexibility index (Phi) is 4.06. The fraction of sp³-hybridized carbons (Fsp3) is 0.231. The second kappa shape index (κ2) is 6.31. The predicted octanol–water partition coefficient (Wildman–Crippen LogP) is 1.95. The van der Waals surface area contributed by atoms with Crippen molar-refractivity contribution in [3.05, 3.63) is 36.7 Å². The highest BCUT2D eigenvalue weighted by molar-refractivity contribution is 7.11. The standard InChI is InChI=1S/C13H15N7S/c14-12-11(9-3-6-15-7-4-9)13(21-20-12)16-5-1-2-10-17-8-18-19-10/h3-4,6-8,16H,1-2,5H2,(H2,14,20)(H,17,18,19). The van der Waals surface area contributed by atoms with E-state index in [-0.39, 0.29) is 0 Å². The van der Waals surface area contributed by atoms with Crippen molar-refractivity contribution in [2.24, 2.45) is 0 Å². The summed E-state index contributed by atoms with van der Waals surface area (Å²) in [7, 11) is 0. The van der Waals surface area contributed by atoms with Gasteiger partial charge >= 0.3 is 0 Å². The fourth-order valence-corrected chi connectivity index (χ4v) is 2.79. The van der Waals surface area contributed by atoms with Crippen molar-refractivity contribution >= 4 is 22.4 Å². The highest BCUT2D eigenvalue weighted by atomic mass is 32.1. The number of aromatic nitrogens is 5. The highest BCUT2D eigenvalue weighted by Crippen LogP contribution is 2.36. The zero-order chi connectivity index (χ0) is 14.5. The van der Waals surface area contributed by atoms with Crippen molar-refractivity contribution in [2.45, 2.75) is 12.8 Å². The van der Waals surface area contributed by atoms with E-state index < -0.39 is 0 Å². The van der Waals surface area contributed by atoms with Crippen LogP contribution in [0.25, 0.3) is 11.1 Å². The smallest absolute Gasteiger partial charge is 0.147 e. The van der Waals surface area contributed by atoms with Crippen molar-refractivity contribution in [2.75, 3.05) is 17.6 Å². The molecule has 108 valence electrons. The number of nitrogens with two attached hydrogens (primary N) is 1. The van der Waals surface area contributed by atoms with E-state index in [4.69, 9.17) is 5.73 Å². The number of aryl methyl sites for hydroxylation is 1. The van der Waals surface area contributed by atoms with Crippen LogP contribution in [0, 0.1) is 0 Å². The molecule has 0 saturated carbocycles. The van der Waals surface area contributed by atoms with E-state index in [1.54, 1.807) is 12.4 Å². The number of nitrogens with one attached hydrogen (secondary N) is 2. The van der Waals surface area contributed by atoms with Crippen LogP contribution in [0.4, 0.5) is 10.8 Å². The Morgan fingerprint density at radius 2 is 2.14 bits per heavy atom. The van der Waals surface area contributed by atoms with Crippen LogP contribution in [-0.2, 0) is 6.42 Å². The molecule has 3 aromatic heterocycles. The third-order valence-corrected chi connectivity index (χ3v) is 3.85. The van der Waals surface area contributed by atoms with E-state index >= 15 is 0 Å². The molecule has 0 radical (unpaired) electrons. The lowest BCUT2D eigenvalue weighted by Gasteiger charge is -2.06. The number of hydrogen-bond donors (Lipinski definition) is 3. The zero-order valence-electron chi connectivity index (χ0n) is 11.3. The van der Waals surface area contributed by atoms with Crippen molar-refractivity contribution < 1.29 is 0 Å². The number of anilines is 2. The largest absolute Gasteiger partial charge is 0.382 e. The molecule has 21 heavy (non-hydrogen) atoms. The second-order valence-corrected chi connectivity index (χ2v) is 5.24. The van der Waals surface area contributed by atoms with Crippen LogP contribution in [0.1, 0.15) is 12.2 Å². The van der Waals surface area contributed by atoms with E-state index in [2.05, 4.69) is 29.9 Å². The summed E-state index contributed by atoms with van der Waals surface area (Å²) in [5.41, 5.74) is 7.94. The second-order valence-electron chi connectivity index (χ2n) is 4.47. The van der Waals surface area contributed by atoms with E-state index in [9.17, 15) is 0 Å². The molecule has 0 atom stereocenters. The SMILES string of the molecule is Nc1nsc(NCCCc2ncn[nH]2)c1-c1ccncc1. The monoisotopic (exact) mass is 301 g/mol. The first kappa shape index (κ1) is 13.5. The molecule has 8 heteroatoms. The summed E-state index contributed by atoms with van der Waals surface area (Å²) in [6.07, 6.45) is 6.82. The van der Waals surface area contributed by atoms with Crippen LogP contribution < -0.4 is 11.1 Å². The Morgan fingerprint density at radius 1 is 1.29 bits per heavy atom. The fourth-order valence-electron chi connectivity index (χ4n) is 2.03. The van der Waals surface area contributed by atoms with Gasteiger partial charge in [0.05, 0.1) is 5.56 Å². The number of H-pyrrole nitrogens is 1. The van der Waals surface area contributed by atoms with Gasteiger partial charge in [-0.15, -0.1) is 0 Å². The minimum atomic E-state index is 0.545. The van der Waals surface area contributed by atoms with E-state index in [0.717, 1.165) is 41.3 Å². The lowest BCUT2D eigenvalue weighted by molar-refractivity contribution is 0.807. The molecule has 0 amide bonds. The third-order valence-electron chi connectivity index (χ3n) is 3.03. The molecule has 7 nitrogen and oxygen atoms in total. The van der Waals surface area contributed by atoms with Crippen molar-refractivity contribution in [3.63, 3.8) is 0 Å². The molecule has 0 fully saturated rings. The molecule has 3 rings (SSSR count).